The zero-order valence-electron chi connectivity index (χ0n) is 53.8. The number of aryl methyl sites for hydroxylation is 2. The number of aliphatic hydroxyl groups is 1. The molecule has 1 heterocycles. The molecule has 0 unspecified atom stereocenters. The van der Waals surface area contributed by atoms with Gasteiger partial charge in [-0.05, 0) is 126 Å². The summed E-state index contributed by atoms with van der Waals surface area (Å²) in [5, 5.41) is 8.06. The van der Waals surface area contributed by atoms with Crippen LogP contribution in [-0.2, 0) is 65.5 Å². The molecule has 2 aromatic rings. The van der Waals surface area contributed by atoms with E-state index in [1.54, 1.807) is 20.8 Å². The van der Waals surface area contributed by atoms with E-state index in [0.29, 0.717) is 0 Å². The van der Waals surface area contributed by atoms with E-state index in [9.17, 15) is 4.79 Å². The molecule has 0 bridgehead atoms. The smallest absolute Gasteiger partial charge is 0.219 e. The van der Waals surface area contributed by atoms with Crippen molar-refractivity contribution >= 4 is 67.0 Å². The monoisotopic (exact) mass is 1130 g/mol. The van der Waals surface area contributed by atoms with Gasteiger partial charge in [-0.15, -0.1) is 0 Å². The van der Waals surface area contributed by atoms with Gasteiger partial charge in [-0.25, -0.2) is 0 Å². The maximum Gasteiger partial charge on any atom is 0.219 e. The summed E-state index contributed by atoms with van der Waals surface area (Å²) < 4.78 is 5.23. The molecular formula is C55H134N10O12. The van der Waals surface area contributed by atoms with E-state index < -0.39 is 0 Å². The number of piperidine rings is 1. The van der Waals surface area contributed by atoms with Gasteiger partial charge in [0.2, 0.25) is 5.91 Å². The van der Waals surface area contributed by atoms with Crippen LogP contribution in [0.5, 0.6) is 0 Å². The zero-order chi connectivity index (χ0) is 64.1. The SMILES string of the molecule is C=O.C=O.C=O.C=O.C=O.C=O.C=O.C=O.C=O.CC.CC.CC(=O)N1CCCCC1.CC(C)O.CCC(C)C.CCOC(C)(C)C.CCc1ccccc1.CCc1ccccc1.CN.CN.CN.CN.CN.N.N.N.N. The summed E-state index contributed by atoms with van der Waals surface area (Å²) in [4.78, 5) is 84.6. The molecule has 1 saturated heterocycles. The first-order valence-corrected chi connectivity index (χ1v) is 23.4. The number of carbonyl (C=O) groups excluding carboxylic acids is 10. The molecule has 1 aliphatic heterocycles. The van der Waals surface area contributed by atoms with Crippen LogP contribution < -0.4 is 53.3 Å². The number of hydrogen-bond donors (Lipinski definition) is 10. The van der Waals surface area contributed by atoms with Crippen molar-refractivity contribution in [1.29, 1.82) is 0 Å². The molecule has 0 atom stereocenters. The lowest BCUT2D eigenvalue weighted by atomic mass is 10.1. The van der Waals surface area contributed by atoms with E-state index in [0.717, 1.165) is 38.5 Å². The van der Waals surface area contributed by atoms with Gasteiger partial charge in [0.25, 0.3) is 0 Å². The Kier molecular flexibility index (Phi) is 451. The lowest BCUT2D eigenvalue weighted by molar-refractivity contribution is -0.129. The molecular weight excluding hydrogens is 993 g/mol. The van der Waals surface area contributed by atoms with Gasteiger partial charge in [0.15, 0.2) is 0 Å². The highest BCUT2D eigenvalue weighted by molar-refractivity contribution is 5.73. The van der Waals surface area contributed by atoms with Crippen molar-refractivity contribution in [2.45, 2.75) is 161 Å². The average molecular weight is 1130 g/mol. The first kappa shape index (κ1) is 151. The number of nitrogens with zero attached hydrogens (tertiary/aromatic N) is 1. The predicted octanol–water partition coefficient (Wildman–Crippen LogP) is 8.69. The van der Waals surface area contributed by atoms with Crippen LogP contribution in [0.25, 0.3) is 0 Å². The summed E-state index contributed by atoms with van der Waals surface area (Å²) in [6, 6.07) is 20.9. The summed E-state index contributed by atoms with van der Waals surface area (Å²) in [6.45, 7) is 53.0. The molecule has 1 fully saturated rings. The number of amides is 1. The molecule has 1 amide bonds. The number of ether oxygens (including phenoxy) is 1. The van der Waals surface area contributed by atoms with E-state index >= 15 is 0 Å². The molecule has 22 nitrogen and oxygen atoms in total. The quantitative estimate of drug-likeness (QED) is 0.137. The number of hydrogen-bond acceptors (Lipinski definition) is 21. The van der Waals surface area contributed by atoms with E-state index in [-0.39, 0.29) is 42.2 Å². The van der Waals surface area contributed by atoms with Crippen LogP contribution in [-0.4, -0.2) is 144 Å². The minimum Gasteiger partial charge on any atom is -0.394 e. The van der Waals surface area contributed by atoms with Gasteiger partial charge >= 0.3 is 0 Å². The van der Waals surface area contributed by atoms with Crippen molar-refractivity contribution in [3.05, 3.63) is 71.8 Å². The minimum absolute atomic E-state index is 0. The Morgan fingerprint density at radius 2 is 0.675 bits per heavy atom. The second-order valence-corrected chi connectivity index (χ2v) is 11.7. The highest BCUT2D eigenvalue weighted by Gasteiger charge is 2.11. The molecule has 3 rings (SSSR count). The molecule has 2 aromatic carbocycles. The highest BCUT2D eigenvalue weighted by atomic mass is 16.5. The Labute approximate surface area is 475 Å². The van der Waals surface area contributed by atoms with Crippen LogP contribution in [0.4, 0.5) is 0 Å². The molecule has 22 heteroatoms. The number of carbonyl (C=O) groups is 10. The number of likely N-dealkylation sites (tertiary alicyclic amines) is 1. The topological polar surface area (TPSA) is 473 Å². The Bertz CT molecular complexity index is 910. The summed E-state index contributed by atoms with van der Waals surface area (Å²) in [7, 11) is 7.50. The summed E-state index contributed by atoms with van der Waals surface area (Å²) in [6.07, 6.45) is 7.10. The van der Waals surface area contributed by atoms with Crippen LogP contribution >= 0.6 is 0 Å². The molecule has 0 saturated carbocycles. The maximum atomic E-state index is 10.7. The lowest BCUT2D eigenvalue weighted by Gasteiger charge is -2.24. The molecule has 0 spiro atoms. The third kappa shape index (κ3) is 313. The van der Waals surface area contributed by atoms with Crippen molar-refractivity contribution < 1.29 is 57.8 Å². The Morgan fingerprint density at radius 3 is 0.753 bits per heavy atom. The van der Waals surface area contributed by atoms with Gasteiger partial charge in [-0.2, -0.15) is 0 Å². The summed E-state index contributed by atoms with van der Waals surface area (Å²) >= 11 is 0. The van der Waals surface area contributed by atoms with E-state index in [1.807, 2.05) is 113 Å². The van der Waals surface area contributed by atoms with Crippen molar-refractivity contribution in [2.75, 3.05) is 54.9 Å². The maximum absolute atomic E-state index is 10.7. The van der Waals surface area contributed by atoms with E-state index in [2.05, 4.69) is 133 Å². The number of benzene rings is 2. The number of aliphatic hydroxyl groups excluding tert-OH is 1. The highest BCUT2D eigenvalue weighted by Crippen LogP contribution is 2.08. The fourth-order valence-electron chi connectivity index (χ4n) is 3.07. The van der Waals surface area contributed by atoms with Crippen LogP contribution in [0.15, 0.2) is 60.7 Å². The molecule has 0 aliphatic carbocycles. The fourth-order valence-corrected chi connectivity index (χ4v) is 3.07. The van der Waals surface area contributed by atoms with Crippen molar-refractivity contribution in [3.63, 3.8) is 0 Å². The minimum atomic E-state index is -0.167. The molecule has 23 N–H and O–H groups in total. The van der Waals surface area contributed by atoms with Crippen LogP contribution in [0.2, 0.25) is 0 Å². The lowest BCUT2D eigenvalue weighted by Crippen LogP contribution is -2.33. The van der Waals surface area contributed by atoms with Gasteiger partial charge in [0.05, 0.1) is 5.60 Å². The average Bonchev–Trinajstić information content (AvgIpc) is 3.50. The van der Waals surface area contributed by atoms with Crippen LogP contribution in [0.1, 0.15) is 148 Å². The molecule has 476 valence electrons. The van der Waals surface area contributed by atoms with Crippen LogP contribution in [0.3, 0.4) is 0 Å². The van der Waals surface area contributed by atoms with Gasteiger partial charge in [-0.1, -0.05) is 129 Å². The standard InChI is InChI=1S/2C8H10.C7H13NO.C6H14O.C5H12.C3H8O.2C2H6.5CH5N.9CH2O.4H3N/c2*1-2-8-6-4-3-5-7-8;1-7(9)8-5-3-2-4-6-8;1-5-7-6(2,3)4;1-4-5(2)3;1-3(2)4;16*1-2;;;;/h2*3-7H,2H2,1H3;2-6H2,1H3;5H2,1-4H3;5H,4H2,1-3H3;3-4H,1-2H3;2*1-2H3;5*2H2,1H3;9*1H2;4*1H3. The fraction of sp³-hybridized carbons (Fsp3) is 0.600. The normalized spacial score (nSPS) is 7.42. The van der Waals surface area contributed by atoms with Gasteiger partial charge in [-0.3, -0.25) is 4.79 Å². The summed E-state index contributed by atoms with van der Waals surface area (Å²) in [5.74, 6) is 1.12. The summed E-state index contributed by atoms with van der Waals surface area (Å²) in [5.41, 5.74) is 25.4. The van der Waals surface area contributed by atoms with Gasteiger partial charge in [0, 0.05) is 32.7 Å². The molecule has 0 radical (unpaired) electrons. The van der Waals surface area contributed by atoms with Gasteiger partial charge < -0.3 is 111 Å². The van der Waals surface area contributed by atoms with E-state index in [4.69, 9.17) is 53.0 Å². The number of rotatable bonds is 4. The Balaban J connectivity index is -0.0000000195. The Hall–Kier alpha value is -5.50. The number of nitrogens with two attached hydrogens (primary N) is 5. The molecule has 77 heavy (non-hydrogen) atoms. The second kappa shape index (κ2) is 230. The first-order chi connectivity index (χ1) is 35.2. The predicted molar refractivity (Wildman–Crippen MR) is 339 cm³/mol. The van der Waals surface area contributed by atoms with Crippen molar-refractivity contribution in [2.24, 2.45) is 34.6 Å². The molecule has 0 aromatic heterocycles. The molecule has 1 aliphatic rings. The second-order valence-electron chi connectivity index (χ2n) is 11.7. The third-order valence-electron chi connectivity index (χ3n) is 5.70. The van der Waals surface area contributed by atoms with E-state index in [1.165, 1.54) is 72.0 Å². The van der Waals surface area contributed by atoms with Crippen LogP contribution in [0, 0.1) is 5.92 Å². The third-order valence-corrected chi connectivity index (χ3v) is 5.70. The first-order valence-electron chi connectivity index (χ1n) is 23.4. The Morgan fingerprint density at radius 1 is 0.494 bits per heavy atom. The van der Waals surface area contributed by atoms with Crippen molar-refractivity contribution in [1.82, 2.24) is 29.5 Å². The largest absolute Gasteiger partial charge is 0.394 e. The zero-order valence-corrected chi connectivity index (χ0v) is 53.8. The van der Waals surface area contributed by atoms with Crippen molar-refractivity contribution in [3.8, 4) is 0 Å². The van der Waals surface area contributed by atoms with Gasteiger partial charge in [0.1, 0.15) is 61.1 Å².